The minimum atomic E-state index is -1.98. The van der Waals surface area contributed by atoms with Gasteiger partial charge in [0.05, 0.1) is 12.8 Å². The molecule has 0 amide bonds. The zero-order valence-electron chi connectivity index (χ0n) is 12.4. The topological polar surface area (TPSA) is 86.2 Å². The van der Waals surface area contributed by atoms with Crippen molar-refractivity contribution in [2.75, 3.05) is 5.73 Å². The maximum atomic E-state index is 14.1. The number of nitrogens with zero attached hydrogens (tertiary/aromatic N) is 3. The number of nitrogen functional groups attached to an aromatic ring is 1. The molecule has 1 saturated heterocycles. The average molecular weight is 291 g/mol. The van der Waals surface area contributed by atoms with Crippen molar-refractivity contribution in [2.45, 2.75) is 37.7 Å². The summed E-state index contributed by atoms with van der Waals surface area (Å²) in [6, 6.07) is 0. The SMILES string of the molecule is [2H][C@]1(O)C[C@H](n2cc(F)c3c(N)ncnc32)O[C@]1(C#C)CC. The van der Waals surface area contributed by atoms with Crippen LogP contribution in [-0.2, 0) is 4.74 Å². The first-order valence-electron chi connectivity index (χ1n) is 6.99. The zero-order chi connectivity index (χ0) is 16.1. The van der Waals surface area contributed by atoms with E-state index in [0.717, 1.165) is 0 Å². The first-order valence-corrected chi connectivity index (χ1v) is 6.49. The molecule has 0 saturated carbocycles. The first-order chi connectivity index (χ1) is 10.3. The fourth-order valence-electron chi connectivity index (χ4n) is 2.62. The maximum absolute atomic E-state index is 14.1. The van der Waals surface area contributed by atoms with E-state index in [-0.39, 0.29) is 29.7 Å². The molecule has 0 unspecified atom stereocenters. The highest BCUT2D eigenvalue weighted by molar-refractivity contribution is 5.86. The molecule has 1 aliphatic heterocycles. The molecule has 2 aromatic heterocycles. The van der Waals surface area contributed by atoms with Gasteiger partial charge in [-0.25, -0.2) is 14.4 Å². The summed E-state index contributed by atoms with van der Waals surface area (Å²) in [5.74, 6) is 1.77. The van der Waals surface area contributed by atoms with Crippen LogP contribution < -0.4 is 5.73 Å². The third-order valence-electron chi connectivity index (χ3n) is 3.81. The standard InChI is InChI=1S/C14H15FN4O2/c1-3-14(4-2)9(20)5-10(21-14)19-6-8(15)11-12(16)17-7-18-13(11)19/h1,6-7,9-10,20H,4-5H2,2H3,(H2,16,17,18)/t9-,10+,14+/m0/s1/i9D. The minimum absolute atomic E-state index is 0.0130. The summed E-state index contributed by atoms with van der Waals surface area (Å²) in [7, 11) is 0. The molecular weight excluding hydrogens is 275 g/mol. The fourth-order valence-corrected chi connectivity index (χ4v) is 2.62. The van der Waals surface area contributed by atoms with Crippen LogP contribution >= 0.6 is 0 Å². The van der Waals surface area contributed by atoms with Gasteiger partial charge >= 0.3 is 0 Å². The lowest BCUT2D eigenvalue weighted by atomic mass is 9.95. The van der Waals surface area contributed by atoms with E-state index in [1.165, 1.54) is 17.1 Å². The summed E-state index contributed by atoms with van der Waals surface area (Å²) in [5.41, 5.74) is 4.44. The van der Waals surface area contributed by atoms with Crippen LogP contribution in [0.4, 0.5) is 10.2 Å². The van der Waals surface area contributed by atoms with Gasteiger partial charge in [0.2, 0.25) is 0 Å². The molecule has 0 spiro atoms. The molecular formula is C14H15FN4O2. The Labute approximate surface area is 122 Å². The molecule has 3 heterocycles. The molecule has 0 aliphatic carbocycles. The highest BCUT2D eigenvalue weighted by atomic mass is 19.1. The Bertz CT molecular complexity index is 785. The zero-order valence-corrected chi connectivity index (χ0v) is 11.4. The van der Waals surface area contributed by atoms with E-state index in [9.17, 15) is 9.50 Å². The van der Waals surface area contributed by atoms with Gasteiger partial charge in [0.1, 0.15) is 18.4 Å². The van der Waals surface area contributed by atoms with E-state index in [1.54, 1.807) is 6.92 Å². The summed E-state index contributed by atoms with van der Waals surface area (Å²) >= 11 is 0. The van der Waals surface area contributed by atoms with Gasteiger partial charge < -0.3 is 20.1 Å². The summed E-state index contributed by atoms with van der Waals surface area (Å²) in [4.78, 5) is 7.76. The van der Waals surface area contributed by atoms with Crippen molar-refractivity contribution in [2.24, 2.45) is 0 Å². The van der Waals surface area contributed by atoms with Crippen LogP contribution in [0.2, 0.25) is 0 Å². The number of terminal acetylenes is 1. The van der Waals surface area contributed by atoms with E-state index in [0.29, 0.717) is 0 Å². The second-order valence-electron chi connectivity index (χ2n) is 4.89. The Morgan fingerprint density at radius 2 is 2.52 bits per heavy atom. The number of halogens is 1. The highest BCUT2D eigenvalue weighted by Crippen LogP contribution is 2.40. The normalized spacial score (nSPS) is 33.0. The molecule has 110 valence electrons. The Morgan fingerprint density at radius 3 is 3.14 bits per heavy atom. The maximum Gasteiger partial charge on any atom is 0.156 e. The van der Waals surface area contributed by atoms with E-state index in [4.69, 9.17) is 18.3 Å². The number of aliphatic hydroxyl groups is 1. The van der Waals surface area contributed by atoms with Gasteiger partial charge in [-0.3, -0.25) is 0 Å². The molecule has 1 fully saturated rings. The van der Waals surface area contributed by atoms with Crippen LogP contribution in [-0.4, -0.2) is 31.3 Å². The van der Waals surface area contributed by atoms with Crippen LogP contribution in [0.5, 0.6) is 0 Å². The van der Waals surface area contributed by atoms with Crippen molar-refractivity contribution >= 4 is 16.9 Å². The largest absolute Gasteiger partial charge is 0.389 e. The number of anilines is 1. The number of rotatable bonds is 2. The number of aromatic nitrogens is 3. The van der Waals surface area contributed by atoms with Crippen molar-refractivity contribution in [1.82, 2.24) is 14.5 Å². The van der Waals surface area contributed by atoms with Crippen LogP contribution in [0.1, 0.15) is 27.4 Å². The molecule has 0 bridgehead atoms. The quantitative estimate of drug-likeness (QED) is 0.812. The summed E-state index contributed by atoms with van der Waals surface area (Å²) in [6.07, 6.45) is 5.17. The monoisotopic (exact) mass is 291 g/mol. The molecule has 3 rings (SSSR count). The average Bonchev–Trinajstić information content (AvgIpc) is 2.94. The van der Waals surface area contributed by atoms with Crippen LogP contribution in [0.3, 0.4) is 0 Å². The van der Waals surface area contributed by atoms with Crippen LogP contribution in [0.15, 0.2) is 12.5 Å². The Kier molecular flexibility index (Phi) is 2.80. The lowest BCUT2D eigenvalue weighted by molar-refractivity contribution is -0.0648. The van der Waals surface area contributed by atoms with Gasteiger partial charge in [-0.1, -0.05) is 12.8 Å². The Morgan fingerprint density at radius 1 is 1.76 bits per heavy atom. The number of hydrogen-bond acceptors (Lipinski definition) is 5. The number of ether oxygens (including phenoxy) is 1. The van der Waals surface area contributed by atoms with E-state index in [1.807, 2.05) is 0 Å². The number of hydrogen-bond donors (Lipinski definition) is 2. The lowest BCUT2D eigenvalue weighted by Gasteiger charge is -2.24. The second kappa shape index (κ2) is 4.69. The van der Waals surface area contributed by atoms with Crippen LogP contribution in [0.25, 0.3) is 11.0 Å². The van der Waals surface area contributed by atoms with Crippen molar-refractivity contribution in [3.05, 3.63) is 18.3 Å². The summed E-state index contributed by atoms with van der Waals surface area (Å²) in [6.45, 7) is 1.72. The molecule has 3 atom stereocenters. The predicted octanol–water partition coefficient (Wildman–Crippen LogP) is 1.21. The molecule has 7 heteroatoms. The third-order valence-corrected chi connectivity index (χ3v) is 3.81. The van der Waals surface area contributed by atoms with Crippen molar-refractivity contribution in [3.63, 3.8) is 0 Å². The van der Waals surface area contributed by atoms with Gasteiger partial charge in [0, 0.05) is 12.6 Å². The second-order valence-corrected chi connectivity index (χ2v) is 4.89. The van der Waals surface area contributed by atoms with Gasteiger partial charge in [-0.2, -0.15) is 0 Å². The first kappa shape index (κ1) is 12.6. The van der Waals surface area contributed by atoms with E-state index >= 15 is 0 Å². The van der Waals surface area contributed by atoms with Crippen LogP contribution in [0, 0.1) is 18.2 Å². The molecule has 0 aromatic carbocycles. The van der Waals surface area contributed by atoms with E-state index < -0.39 is 23.7 Å². The fraction of sp³-hybridized carbons (Fsp3) is 0.429. The van der Waals surface area contributed by atoms with E-state index in [2.05, 4.69) is 15.9 Å². The summed E-state index contributed by atoms with van der Waals surface area (Å²) < 4.78 is 29.3. The van der Waals surface area contributed by atoms with Gasteiger partial charge in [0.15, 0.2) is 17.1 Å². The molecule has 3 N–H and O–H groups in total. The lowest BCUT2D eigenvalue weighted by Crippen LogP contribution is -2.36. The highest BCUT2D eigenvalue weighted by Gasteiger charge is 2.46. The van der Waals surface area contributed by atoms with Gasteiger partial charge in [-0.15, -0.1) is 6.42 Å². The molecule has 6 nitrogen and oxygen atoms in total. The number of fused-ring (bicyclic) bond motifs is 1. The Hall–Kier alpha value is -2.17. The Balaban J connectivity index is 2.12. The molecule has 1 aliphatic rings. The summed E-state index contributed by atoms with van der Waals surface area (Å²) in [5, 5.41) is 10.4. The van der Waals surface area contributed by atoms with Crippen molar-refractivity contribution in [3.8, 4) is 12.3 Å². The molecule has 21 heavy (non-hydrogen) atoms. The van der Waals surface area contributed by atoms with Crippen molar-refractivity contribution in [1.29, 1.82) is 0 Å². The number of nitrogens with two attached hydrogens (primary N) is 1. The van der Waals surface area contributed by atoms with Gasteiger partial charge in [-0.05, 0) is 6.42 Å². The smallest absolute Gasteiger partial charge is 0.156 e. The third kappa shape index (κ3) is 1.87. The molecule has 2 aromatic rings. The predicted molar refractivity (Wildman–Crippen MR) is 74.5 cm³/mol. The minimum Gasteiger partial charge on any atom is -0.389 e. The van der Waals surface area contributed by atoms with Crippen molar-refractivity contribution < 1.29 is 15.6 Å². The molecule has 0 radical (unpaired) electrons. The van der Waals surface area contributed by atoms with Gasteiger partial charge in [0.25, 0.3) is 0 Å².